The van der Waals surface area contributed by atoms with Gasteiger partial charge in [-0.3, -0.25) is 0 Å². The average Bonchev–Trinajstić information content (AvgIpc) is 3.49. The van der Waals surface area contributed by atoms with Crippen LogP contribution in [0.3, 0.4) is 0 Å². The molecule has 2 heterocycles. The van der Waals surface area contributed by atoms with E-state index >= 15 is 0 Å². The molecule has 1 spiro atoms. The Hall–Kier alpha value is -2.22. The van der Waals surface area contributed by atoms with Crippen molar-refractivity contribution < 1.29 is 34.4 Å². The van der Waals surface area contributed by atoms with Gasteiger partial charge in [0.2, 0.25) is 0 Å². The average molecular weight is 509 g/mol. The maximum Gasteiger partial charge on any atom is 0.334 e. The zero-order valence-corrected chi connectivity index (χ0v) is 21.2. The number of hydrogen-bond acceptors (Lipinski definition) is 7. The minimum atomic E-state index is -1.68. The van der Waals surface area contributed by atoms with E-state index in [1.807, 2.05) is 0 Å². The molecule has 7 heteroatoms. The first kappa shape index (κ1) is 23.9. The first-order valence-corrected chi connectivity index (χ1v) is 13.7. The fraction of sp³-hybridized carbons (Fsp3) is 0.667. The topological polar surface area (TPSA) is 113 Å². The molecule has 0 radical (unpaired) electrons. The molecule has 5 saturated carbocycles. The molecule has 2 aliphatic heterocycles. The van der Waals surface area contributed by atoms with Crippen molar-refractivity contribution in [3.05, 3.63) is 48.6 Å². The second-order valence-electron chi connectivity index (χ2n) is 12.9. The minimum absolute atomic E-state index is 0.138. The summed E-state index contributed by atoms with van der Waals surface area (Å²) in [4.78, 5) is 25.2. The number of aliphatic hydroxyl groups excluding tert-OH is 1. The van der Waals surface area contributed by atoms with Crippen molar-refractivity contribution in [2.45, 2.75) is 80.9 Å². The van der Waals surface area contributed by atoms with Gasteiger partial charge in [-0.1, -0.05) is 37.5 Å². The van der Waals surface area contributed by atoms with Gasteiger partial charge in [0.05, 0.1) is 6.10 Å². The van der Waals surface area contributed by atoms with Crippen LogP contribution in [0.2, 0.25) is 0 Å². The van der Waals surface area contributed by atoms with Crippen LogP contribution in [0.4, 0.5) is 0 Å². The van der Waals surface area contributed by atoms with Crippen molar-refractivity contribution in [2.24, 2.45) is 40.9 Å². The normalized spacial score (nSPS) is 54.3. The minimum Gasteiger partial charge on any atom is -0.458 e. The largest absolute Gasteiger partial charge is 0.458 e. The van der Waals surface area contributed by atoms with Gasteiger partial charge in [0.25, 0.3) is 0 Å². The number of hydrogen-bond donors (Lipinski definition) is 3. The lowest BCUT2D eigenvalue weighted by molar-refractivity contribution is -0.223. The van der Waals surface area contributed by atoms with E-state index in [4.69, 9.17) is 9.47 Å². The zero-order chi connectivity index (χ0) is 26.2. The maximum absolute atomic E-state index is 12.9. The summed E-state index contributed by atoms with van der Waals surface area (Å²) < 4.78 is 11.8. The van der Waals surface area contributed by atoms with Crippen molar-refractivity contribution in [1.29, 1.82) is 0 Å². The highest BCUT2D eigenvalue weighted by atomic mass is 16.6. The summed E-state index contributed by atoms with van der Waals surface area (Å²) in [5, 5.41) is 37.3. The Bertz CT molecular complexity index is 1190. The van der Waals surface area contributed by atoms with Crippen LogP contribution in [0.5, 0.6) is 0 Å². The van der Waals surface area contributed by atoms with Crippen LogP contribution in [0.15, 0.2) is 48.6 Å². The number of carbonyl (C=O) groups is 2. The number of rotatable bonds is 0. The molecular weight excluding hydrogens is 472 g/mol. The molecule has 0 amide bonds. The molecular formula is C30H36O7. The predicted octanol–water partition coefficient (Wildman–Crippen LogP) is 2.76. The monoisotopic (exact) mass is 508 g/mol. The molecule has 0 aromatic carbocycles. The van der Waals surface area contributed by atoms with Gasteiger partial charge in [0, 0.05) is 40.2 Å². The summed E-state index contributed by atoms with van der Waals surface area (Å²) >= 11 is 0. The number of fused-ring (bicyclic) bond motifs is 10. The molecule has 0 aromatic heterocycles. The van der Waals surface area contributed by atoms with Crippen LogP contribution >= 0.6 is 0 Å². The van der Waals surface area contributed by atoms with Crippen LogP contribution in [-0.2, 0) is 19.1 Å². The van der Waals surface area contributed by atoms with Crippen LogP contribution < -0.4 is 0 Å². The third-order valence-corrected chi connectivity index (χ3v) is 12.0. The highest BCUT2D eigenvalue weighted by molar-refractivity contribution is 5.91. The second kappa shape index (κ2) is 7.25. The van der Waals surface area contributed by atoms with Crippen molar-refractivity contribution in [3.8, 4) is 0 Å². The predicted molar refractivity (Wildman–Crippen MR) is 133 cm³/mol. The lowest BCUT2D eigenvalue weighted by Gasteiger charge is -2.51. The standard InChI is InChI=1S/C30H36O7/c1-13-5-7-17-15(3)26(32)36-24(17)22-19(13)11-21(31)28(22)9-10-29(34)23-20(12-30(28,29)35)14(2)6-8-18-16(4)27(33)37-25(18)23/h17-25,31,34-35H,1-12H2/t17-,18-,19-,20-,21-,22-,23-,24-,25-,28+,29-,30-/m0/s1. The Balaban J connectivity index is 1.38. The van der Waals surface area contributed by atoms with Crippen LogP contribution in [-0.4, -0.2) is 56.8 Å². The second-order valence-corrected chi connectivity index (χ2v) is 12.9. The van der Waals surface area contributed by atoms with E-state index < -0.39 is 58.7 Å². The van der Waals surface area contributed by atoms with Gasteiger partial charge in [-0.15, -0.1) is 0 Å². The van der Waals surface area contributed by atoms with Crippen molar-refractivity contribution in [3.63, 3.8) is 0 Å². The van der Waals surface area contributed by atoms with Crippen LogP contribution in [0, 0.1) is 40.9 Å². The summed E-state index contributed by atoms with van der Waals surface area (Å²) in [6.07, 6.45) is 1.97. The lowest BCUT2D eigenvalue weighted by atomic mass is 9.59. The number of esters is 2. The number of aliphatic hydroxyl groups is 3. The third-order valence-electron chi connectivity index (χ3n) is 12.0. The Labute approximate surface area is 216 Å². The molecule has 7 nitrogen and oxygen atoms in total. The van der Waals surface area contributed by atoms with E-state index in [1.165, 1.54) is 0 Å². The Morgan fingerprint density at radius 2 is 1.30 bits per heavy atom. The molecule has 5 aliphatic carbocycles. The number of ether oxygens (including phenoxy) is 2. The van der Waals surface area contributed by atoms with Gasteiger partial charge in [-0.2, -0.15) is 0 Å². The summed E-state index contributed by atoms with van der Waals surface area (Å²) in [5.74, 6) is -2.63. The molecule has 0 bridgehead atoms. The molecule has 198 valence electrons. The first-order chi connectivity index (χ1) is 17.5. The number of allylic oxidation sites excluding steroid dienone is 2. The smallest absolute Gasteiger partial charge is 0.334 e. The van der Waals surface area contributed by atoms with E-state index in [-0.39, 0.29) is 36.5 Å². The van der Waals surface area contributed by atoms with Gasteiger partial charge in [-0.05, 0) is 63.2 Å². The van der Waals surface area contributed by atoms with Gasteiger partial charge >= 0.3 is 11.9 Å². The van der Waals surface area contributed by atoms with Crippen LogP contribution in [0.25, 0.3) is 0 Å². The molecule has 7 fully saturated rings. The van der Waals surface area contributed by atoms with Gasteiger partial charge < -0.3 is 24.8 Å². The molecule has 2 saturated heterocycles. The van der Waals surface area contributed by atoms with E-state index in [9.17, 15) is 24.9 Å². The van der Waals surface area contributed by atoms with Gasteiger partial charge in [-0.25, -0.2) is 9.59 Å². The maximum atomic E-state index is 12.9. The van der Waals surface area contributed by atoms with Crippen molar-refractivity contribution in [1.82, 2.24) is 0 Å². The van der Waals surface area contributed by atoms with Crippen molar-refractivity contribution >= 4 is 11.9 Å². The molecule has 12 atom stereocenters. The van der Waals surface area contributed by atoms with Gasteiger partial charge in [0.15, 0.2) is 0 Å². The molecule has 37 heavy (non-hydrogen) atoms. The highest BCUT2D eigenvalue weighted by Gasteiger charge is 2.82. The summed E-state index contributed by atoms with van der Waals surface area (Å²) in [7, 11) is 0. The molecule has 0 aromatic rings. The van der Waals surface area contributed by atoms with Crippen molar-refractivity contribution in [2.75, 3.05) is 0 Å². The lowest BCUT2D eigenvalue weighted by Crippen LogP contribution is -2.64. The Morgan fingerprint density at radius 3 is 1.89 bits per heavy atom. The van der Waals surface area contributed by atoms with E-state index in [2.05, 4.69) is 26.3 Å². The van der Waals surface area contributed by atoms with Crippen LogP contribution in [0.1, 0.15) is 51.4 Å². The molecule has 7 aliphatic rings. The highest BCUT2D eigenvalue weighted by Crippen LogP contribution is 2.75. The van der Waals surface area contributed by atoms with E-state index in [0.717, 1.165) is 11.1 Å². The summed E-state index contributed by atoms with van der Waals surface area (Å²) in [5.41, 5.74) is -1.59. The third kappa shape index (κ3) is 2.55. The fourth-order valence-corrected chi connectivity index (χ4v) is 10.3. The quantitative estimate of drug-likeness (QED) is 0.262. The SMILES string of the molecule is C=C1C(=O)O[C@@H]2[C@@H]3[C@@H](C[C@H](O)[C@]34CC[C@]3(O)[C@@H]5[C@H]6OC(=O)C(=C)[C@@H]6CCC(=C)[C@@H]5C[C@]43O)C(=C)CC[C@@H]12. The summed E-state index contributed by atoms with van der Waals surface area (Å²) in [6, 6.07) is 0. The fourth-order valence-electron chi connectivity index (χ4n) is 10.3. The first-order valence-electron chi connectivity index (χ1n) is 13.7. The number of carbonyl (C=O) groups excluding carboxylic acids is 2. The van der Waals surface area contributed by atoms with E-state index in [1.54, 1.807) is 0 Å². The molecule has 0 unspecified atom stereocenters. The zero-order valence-electron chi connectivity index (χ0n) is 21.2. The Kier molecular flexibility index (Phi) is 4.67. The van der Waals surface area contributed by atoms with E-state index in [0.29, 0.717) is 49.7 Å². The Morgan fingerprint density at radius 1 is 0.757 bits per heavy atom. The summed E-state index contributed by atoms with van der Waals surface area (Å²) in [6.45, 7) is 16.7. The molecule has 7 rings (SSSR count). The molecule has 3 N–H and O–H groups in total. The van der Waals surface area contributed by atoms with Gasteiger partial charge in [0.1, 0.15) is 23.4 Å².